The van der Waals surface area contributed by atoms with Crippen molar-refractivity contribution >= 4 is 11.9 Å². The molecule has 1 aromatic carbocycles. The van der Waals surface area contributed by atoms with E-state index in [0.717, 1.165) is 19.3 Å². The summed E-state index contributed by atoms with van der Waals surface area (Å²) >= 11 is 0. The standard InChI is InChI=1S/C23H31NO5/c1-3-27-22(26)23(11-7-10-19-8-5-4-6-9-19)12-14-24(15-13-23)21(25)20-18(2)28-16-17-29-20/h4-6,8-9H,3,7,10-17H2,1-2H3. The Morgan fingerprint density at radius 1 is 1.10 bits per heavy atom. The largest absolute Gasteiger partial charge is 0.491 e. The lowest BCUT2D eigenvalue weighted by molar-refractivity contribution is -0.161. The quantitative estimate of drug-likeness (QED) is 0.655. The number of hydrogen-bond acceptors (Lipinski definition) is 5. The summed E-state index contributed by atoms with van der Waals surface area (Å²) in [5, 5.41) is 0. The molecule has 0 spiro atoms. The van der Waals surface area contributed by atoms with Crippen molar-refractivity contribution in [3.05, 3.63) is 47.4 Å². The van der Waals surface area contributed by atoms with Gasteiger partial charge in [-0.1, -0.05) is 30.3 Å². The minimum atomic E-state index is -0.519. The molecular weight excluding hydrogens is 370 g/mol. The highest BCUT2D eigenvalue weighted by molar-refractivity contribution is 5.92. The number of allylic oxidation sites excluding steroid dienone is 1. The molecule has 3 rings (SSSR count). The lowest BCUT2D eigenvalue weighted by Gasteiger charge is -2.40. The van der Waals surface area contributed by atoms with E-state index in [1.807, 2.05) is 25.1 Å². The fourth-order valence-electron chi connectivity index (χ4n) is 4.12. The number of likely N-dealkylation sites (tertiary alicyclic amines) is 1. The molecular formula is C23H31NO5. The first-order chi connectivity index (χ1) is 14.1. The van der Waals surface area contributed by atoms with Gasteiger partial charge in [-0.3, -0.25) is 9.59 Å². The molecule has 6 nitrogen and oxygen atoms in total. The minimum absolute atomic E-state index is 0.132. The summed E-state index contributed by atoms with van der Waals surface area (Å²) in [5.41, 5.74) is 0.755. The number of hydrogen-bond donors (Lipinski definition) is 0. The molecule has 1 fully saturated rings. The van der Waals surface area contributed by atoms with E-state index >= 15 is 0 Å². The molecule has 0 bridgehead atoms. The Hall–Kier alpha value is -2.50. The van der Waals surface area contributed by atoms with Gasteiger partial charge in [0.2, 0.25) is 5.76 Å². The second kappa shape index (κ2) is 9.81. The first kappa shape index (κ1) is 21.2. The maximum atomic E-state index is 12.8. The fraction of sp³-hybridized carbons (Fsp3) is 0.565. The van der Waals surface area contributed by atoms with E-state index < -0.39 is 5.41 Å². The van der Waals surface area contributed by atoms with Crippen molar-refractivity contribution < 1.29 is 23.8 Å². The van der Waals surface area contributed by atoms with Gasteiger partial charge in [0.05, 0.1) is 12.0 Å². The van der Waals surface area contributed by atoms with Crippen LogP contribution in [0, 0.1) is 5.41 Å². The molecule has 0 atom stereocenters. The van der Waals surface area contributed by atoms with Crippen LogP contribution in [0.25, 0.3) is 0 Å². The number of carbonyl (C=O) groups excluding carboxylic acids is 2. The van der Waals surface area contributed by atoms with Crippen LogP contribution in [-0.2, 0) is 30.2 Å². The number of aryl methyl sites for hydroxylation is 1. The zero-order valence-corrected chi connectivity index (χ0v) is 17.4. The molecule has 0 N–H and O–H groups in total. The second-order valence-electron chi connectivity index (χ2n) is 7.71. The number of amides is 1. The molecule has 1 amide bonds. The summed E-state index contributed by atoms with van der Waals surface area (Å²) in [4.78, 5) is 27.4. The number of benzene rings is 1. The predicted molar refractivity (Wildman–Crippen MR) is 109 cm³/mol. The van der Waals surface area contributed by atoms with Crippen molar-refractivity contribution in [1.82, 2.24) is 4.90 Å². The Labute approximate surface area is 172 Å². The van der Waals surface area contributed by atoms with E-state index in [9.17, 15) is 9.59 Å². The molecule has 2 aliphatic rings. The van der Waals surface area contributed by atoms with E-state index in [4.69, 9.17) is 14.2 Å². The summed E-state index contributed by atoms with van der Waals surface area (Å²) in [6.07, 6.45) is 3.84. The molecule has 6 heteroatoms. The lowest BCUT2D eigenvalue weighted by atomic mass is 9.74. The number of carbonyl (C=O) groups is 2. The molecule has 0 aromatic heterocycles. The molecule has 1 saturated heterocycles. The SMILES string of the molecule is CCOC(=O)C1(CCCc2ccccc2)CCN(C(=O)C2=C(C)OCCO2)CC1. The highest BCUT2D eigenvalue weighted by Gasteiger charge is 2.43. The van der Waals surface area contributed by atoms with Crippen LogP contribution >= 0.6 is 0 Å². The van der Waals surface area contributed by atoms with E-state index in [1.165, 1.54) is 5.56 Å². The van der Waals surface area contributed by atoms with Gasteiger partial charge in [0.15, 0.2) is 0 Å². The molecule has 158 valence electrons. The van der Waals surface area contributed by atoms with Gasteiger partial charge in [-0.05, 0) is 51.5 Å². The van der Waals surface area contributed by atoms with Gasteiger partial charge in [-0.2, -0.15) is 0 Å². The maximum absolute atomic E-state index is 12.8. The first-order valence-corrected chi connectivity index (χ1v) is 10.5. The van der Waals surface area contributed by atoms with Crippen molar-refractivity contribution in [2.24, 2.45) is 5.41 Å². The van der Waals surface area contributed by atoms with Gasteiger partial charge >= 0.3 is 5.97 Å². The Kier molecular flexibility index (Phi) is 7.18. The predicted octanol–water partition coefficient (Wildman–Crippen LogP) is 3.46. The smallest absolute Gasteiger partial charge is 0.312 e. The zero-order valence-electron chi connectivity index (χ0n) is 17.4. The third-order valence-corrected chi connectivity index (χ3v) is 5.84. The summed E-state index contributed by atoms with van der Waals surface area (Å²) in [7, 11) is 0. The molecule has 29 heavy (non-hydrogen) atoms. The third-order valence-electron chi connectivity index (χ3n) is 5.84. The summed E-state index contributed by atoms with van der Waals surface area (Å²) < 4.78 is 16.4. The summed E-state index contributed by atoms with van der Waals surface area (Å²) in [6.45, 7) is 5.85. The first-order valence-electron chi connectivity index (χ1n) is 10.5. The van der Waals surface area contributed by atoms with Gasteiger partial charge < -0.3 is 19.1 Å². The van der Waals surface area contributed by atoms with Crippen LogP contribution in [0.2, 0.25) is 0 Å². The maximum Gasteiger partial charge on any atom is 0.312 e. The Morgan fingerprint density at radius 2 is 1.79 bits per heavy atom. The van der Waals surface area contributed by atoms with Gasteiger partial charge in [0, 0.05) is 13.1 Å². The van der Waals surface area contributed by atoms with Crippen LogP contribution in [0.3, 0.4) is 0 Å². The number of nitrogens with zero attached hydrogens (tertiary/aromatic N) is 1. The third kappa shape index (κ3) is 5.11. The van der Waals surface area contributed by atoms with Gasteiger partial charge in [-0.15, -0.1) is 0 Å². The lowest BCUT2D eigenvalue weighted by Crippen LogP contribution is -2.48. The van der Waals surface area contributed by atoms with Crippen molar-refractivity contribution in [1.29, 1.82) is 0 Å². The number of piperidine rings is 1. The van der Waals surface area contributed by atoms with Crippen molar-refractivity contribution in [3.63, 3.8) is 0 Å². The average molecular weight is 402 g/mol. The van der Waals surface area contributed by atoms with Crippen molar-refractivity contribution in [2.45, 2.75) is 46.0 Å². The highest BCUT2D eigenvalue weighted by atomic mass is 16.6. The van der Waals surface area contributed by atoms with E-state index in [0.29, 0.717) is 57.3 Å². The summed E-state index contributed by atoms with van der Waals surface area (Å²) in [5.74, 6) is 0.548. The normalized spacial score (nSPS) is 18.6. The second-order valence-corrected chi connectivity index (χ2v) is 7.71. The topological polar surface area (TPSA) is 65.1 Å². The van der Waals surface area contributed by atoms with Crippen LogP contribution in [0.4, 0.5) is 0 Å². The molecule has 1 aromatic rings. The van der Waals surface area contributed by atoms with Crippen molar-refractivity contribution in [2.75, 3.05) is 32.9 Å². The minimum Gasteiger partial charge on any atom is -0.491 e. The van der Waals surface area contributed by atoms with E-state index in [-0.39, 0.29) is 11.9 Å². The number of esters is 1. The molecule has 2 aliphatic heterocycles. The van der Waals surface area contributed by atoms with E-state index in [1.54, 1.807) is 11.8 Å². The van der Waals surface area contributed by atoms with E-state index in [2.05, 4.69) is 12.1 Å². The van der Waals surface area contributed by atoms with Crippen LogP contribution in [0.15, 0.2) is 41.9 Å². The zero-order chi connectivity index (χ0) is 20.7. The molecule has 2 heterocycles. The Bertz CT molecular complexity index is 735. The van der Waals surface area contributed by atoms with Gasteiger partial charge in [0.1, 0.15) is 19.0 Å². The van der Waals surface area contributed by atoms with Gasteiger partial charge in [0.25, 0.3) is 5.91 Å². The number of rotatable bonds is 7. The highest BCUT2D eigenvalue weighted by Crippen LogP contribution is 2.38. The monoisotopic (exact) mass is 401 g/mol. The number of ether oxygens (including phenoxy) is 3. The van der Waals surface area contributed by atoms with Crippen LogP contribution in [-0.4, -0.2) is 49.7 Å². The molecule has 0 radical (unpaired) electrons. The molecule has 0 unspecified atom stereocenters. The summed E-state index contributed by atoms with van der Waals surface area (Å²) in [6, 6.07) is 10.3. The fourth-order valence-corrected chi connectivity index (χ4v) is 4.12. The Morgan fingerprint density at radius 3 is 2.45 bits per heavy atom. The van der Waals surface area contributed by atoms with Crippen LogP contribution in [0.1, 0.15) is 45.1 Å². The molecule has 0 aliphatic carbocycles. The van der Waals surface area contributed by atoms with Gasteiger partial charge in [-0.25, -0.2) is 0 Å². The van der Waals surface area contributed by atoms with Crippen molar-refractivity contribution in [3.8, 4) is 0 Å². The average Bonchev–Trinajstić information content (AvgIpc) is 2.75. The Balaban J connectivity index is 1.63. The van der Waals surface area contributed by atoms with Crippen LogP contribution in [0.5, 0.6) is 0 Å². The van der Waals surface area contributed by atoms with Crippen LogP contribution < -0.4 is 0 Å². The molecule has 0 saturated carbocycles.